The van der Waals surface area contributed by atoms with Crippen LogP contribution in [0.4, 0.5) is 0 Å². The molecule has 92 valence electrons. The summed E-state index contributed by atoms with van der Waals surface area (Å²) in [6.45, 7) is 6.06. The summed E-state index contributed by atoms with van der Waals surface area (Å²) in [5.74, 6) is 1.22. The number of nitrogens with one attached hydrogen (secondary N) is 1. The van der Waals surface area contributed by atoms with Gasteiger partial charge in [-0.2, -0.15) is 0 Å². The summed E-state index contributed by atoms with van der Waals surface area (Å²) in [5.41, 5.74) is 0. The molecule has 2 heteroatoms. The second-order valence-electron chi connectivity index (χ2n) is 5.20. The van der Waals surface area contributed by atoms with Crippen molar-refractivity contribution in [1.82, 2.24) is 5.32 Å². The Balaban J connectivity index is 2.43. The van der Waals surface area contributed by atoms with Crippen LogP contribution in [0.5, 0.6) is 0 Å². The van der Waals surface area contributed by atoms with Crippen molar-refractivity contribution >= 4 is 5.91 Å². The highest BCUT2D eigenvalue weighted by Crippen LogP contribution is 2.33. The molecule has 1 N–H and O–H groups in total. The maximum Gasteiger partial charge on any atom is 0.223 e. The zero-order chi connectivity index (χ0) is 12.0. The molecule has 0 bridgehead atoms. The first-order valence-electron chi connectivity index (χ1n) is 6.55. The highest BCUT2D eigenvalue weighted by molar-refractivity contribution is 5.79. The maximum atomic E-state index is 12.0. The molecule has 0 aliphatic heterocycles. The number of hydrogen-bond donors (Lipinski definition) is 1. The Kier molecular flexibility index (Phi) is 5.58. The van der Waals surface area contributed by atoms with Crippen molar-refractivity contribution in [2.45, 2.75) is 58.9 Å². The molecule has 0 radical (unpaired) electrons. The third kappa shape index (κ3) is 4.38. The van der Waals surface area contributed by atoms with Crippen LogP contribution in [0.25, 0.3) is 0 Å². The molecule has 0 saturated heterocycles. The van der Waals surface area contributed by atoms with E-state index in [0.29, 0.717) is 0 Å². The quantitative estimate of drug-likeness (QED) is 0.688. The van der Waals surface area contributed by atoms with E-state index in [1.165, 1.54) is 19.3 Å². The third-order valence-corrected chi connectivity index (χ3v) is 3.30. The minimum absolute atomic E-state index is 0.184. The topological polar surface area (TPSA) is 29.1 Å². The van der Waals surface area contributed by atoms with Crippen molar-refractivity contribution in [2.24, 2.45) is 11.8 Å². The number of carbonyl (C=O) groups is 1. The Labute approximate surface area is 99.5 Å². The van der Waals surface area contributed by atoms with Gasteiger partial charge in [-0.05, 0) is 39.5 Å². The number of allylic oxidation sites excluding steroid dienone is 2. The highest BCUT2D eigenvalue weighted by Gasteiger charge is 2.25. The molecule has 1 rings (SSSR count). The van der Waals surface area contributed by atoms with E-state index in [2.05, 4.69) is 11.4 Å². The van der Waals surface area contributed by atoms with E-state index in [4.69, 9.17) is 0 Å². The van der Waals surface area contributed by atoms with Crippen LogP contribution < -0.4 is 5.32 Å². The van der Waals surface area contributed by atoms with Crippen LogP contribution >= 0.6 is 0 Å². The van der Waals surface area contributed by atoms with Crippen molar-refractivity contribution in [1.29, 1.82) is 0 Å². The monoisotopic (exact) mass is 223 g/mol. The van der Waals surface area contributed by atoms with Crippen LogP contribution in [-0.2, 0) is 4.79 Å². The summed E-state index contributed by atoms with van der Waals surface area (Å²) in [6, 6.07) is 0.252. The van der Waals surface area contributed by atoms with Crippen LogP contribution in [0.15, 0.2) is 12.2 Å². The molecule has 0 spiro atoms. The van der Waals surface area contributed by atoms with Crippen molar-refractivity contribution < 1.29 is 4.79 Å². The van der Waals surface area contributed by atoms with Gasteiger partial charge in [0.2, 0.25) is 5.91 Å². The molecule has 0 heterocycles. The van der Waals surface area contributed by atoms with E-state index in [1.54, 1.807) is 0 Å². The van der Waals surface area contributed by atoms with Gasteiger partial charge in [0, 0.05) is 12.0 Å². The molecule has 2 nitrogen and oxygen atoms in total. The molecule has 1 atom stereocenters. The zero-order valence-corrected chi connectivity index (χ0v) is 10.8. The summed E-state index contributed by atoms with van der Waals surface area (Å²) in [7, 11) is 0. The fourth-order valence-corrected chi connectivity index (χ4v) is 2.14. The predicted molar refractivity (Wildman–Crippen MR) is 68.2 cm³/mol. The molecule has 1 aliphatic rings. The van der Waals surface area contributed by atoms with Crippen molar-refractivity contribution in [2.75, 3.05) is 0 Å². The first-order valence-corrected chi connectivity index (χ1v) is 6.55. The maximum absolute atomic E-state index is 12.0. The van der Waals surface area contributed by atoms with Crippen molar-refractivity contribution in [3.05, 3.63) is 12.2 Å². The van der Waals surface area contributed by atoms with Gasteiger partial charge in [-0.25, -0.2) is 0 Å². The molecule has 1 amide bonds. The summed E-state index contributed by atoms with van der Waals surface area (Å²) < 4.78 is 0. The fraction of sp³-hybridized carbons (Fsp3) is 0.786. The number of carbonyl (C=O) groups excluding carboxylic acids is 1. The summed E-state index contributed by atoms with van der Waals surface area (Å²) >= 11 is 0. The van der Waals surface area contributed by atoms with Gasteiger partial charge in [0.25, 0.3) is 0 Å². The number of amides is 1. The van der Waals surface area contributed by atoms with Gasteiger partial charge >= 0.3 is 0 Å². The first kappa shape index (κ1) is 13.3. The van der Waals surface area contributed by atoms with E-state index in [-0.39, 0.29) is 17.9 Å². The van der Waals surface area contributed by atoms with Gasteiger partial charge < -0.3 is 5.32 Å². The normalized spacial score (nSPS) is 18.8. The van der Waals surface area contributed by atoms with E-state index in [9.17, 15) is 4.79 Å². The van der Waals surface area contributed by atoms with E-state index >= 15 is 0 Å². The van der Waals surface area contributed by atoms with Gasteiger partial charge in [-0.3, -0.25) is 4.79 Å². The minimum atomic E-state index is 0.184. The largest absolute Gasteiger partial charge is 0.354 e. The van der Waals surface area contributed by atoms with Gasteiger partial charge in [0.1, 0.15) is 0 Å². The van der Waals surface area contributed by atoms with Crippen molar-refractivity contribution in [3.63, 3.8) is 0 Å². The fourth-order valence-electron chi connectivity index (χ4n) is 2.14. The van der Waals surface area contributed by atoms with Crippen LogP contribution in [0, 0.1) is 11.8 Å². The molecule has 1 unspecified atom stereocenters. The lowest BCUT2D eigenvalue weighted by molar-refractivity contribution is -0.126. The standard InChI is InChI=1S/C14H25NO/c1-4-5-9-13(10-12-7-6-8-12)14(16)15-11(2)3/h4-5,11-13H,6-10H2,1-3H3,(H,15,16)/b5-4+. The Morgan fingerprint density at radius 2 is 2.12 bits per heavy atom. The number of rotatable bonds is 6. The number of hydrogen-bond acceptors (Lipinski definition) is 1. The molecule has 1 saturated carbocycles. The smallest absolute Gasteiger partial charge is 0.223 e. The van der Waals surface area contributed by atoms with E-state index < -0.39 is 0 Å². The highest BCUT2D eigenvalue weighted by atomic mass is 16.1. The zero-order valence-electron chi connectivity index (χ0n) is 10.8. The first-order chi connectivity index (χ1) is 7.63. The van der Waals surface area contributed by atoms with E-state index in [0.717, 1.165) is 18.8 Å². The lowest BCUT2D eigenvalue weighted by Gasteiger charge is -2.29. The average molecular weight is 223 g/mol. The van der Waals surface area contributed by atoms with Crippen molar-refractivity contribution in [3.8, 4) is 0 Å². The molecular formula is C14H25NO. The van der Waals surface area contributed by atoms with Crippen LogP contribution in [0.2, 0.25) is 0 Å². The summed E-state index contributed by atoms with van der Waals surface area (Å²) in [6.07, 6.45) is 10.1. The molecule has 0 aromatic heterocycles. The second kappa shape index (κ2) is 6.72. The molecule has 1 aliphatic carbocycles. The molecule has 0 aromatic rings. The van der Waals surface area contributed by atoms with Crippen LogP contribution in [-0.4, -0.2) is 11.9 Å². The molecule has 1 fully saturated rings. The Hall–Kier alpha value is -0.790. The SMILES string of the molecule is C/C=C/CC(CC1CCC1)C(=O)NC(C)C. The van der Waals surface area contributed by atoms with E-state index in [1.807, 2.05) is 26.8 Å². The summed E-state index contributed by atoms with van der Waals surface area (Å²) in [4.78, 5) is 12.0. The Morgan fingerprint density at radius 3 is 2.56 bits per heavy atom. The Bertz CT molecular complexity index is 241. The van der Waals surface area contributed by atoms with Gasteiger partial charge in [-0.15, -0.1) is 0 Å². The van der Waals surface area contributed by atoms with Crippen LogP contribution in [0.1, 0.15) is 52.9 Å². The van der Waals surface area contributed by atoms with Gasteiger partial charge in [0.05, 0.1) is 0 Å². The van der Waals surface area contributed by atoms with Crippen LogP contribution in [0.3, 0.4) is 0 Å². The third-order valence-electron chi connectivity index (χ3n) is 3.30. The van der Waals surface area contributed by atoms with Gasteiger partial charge in [-0.1, -0.05) is 31.4 Å². The Morgan fingerprint density at radius 1 is 1.44 bits per heavy atom. The molecule has 16 heavy (non-hydrogen) atoms. The van der Waals surface area contributed by atoms with Gasteiger partial charge in [0.15, 0.2) is 0 Å². The lowest BCUT2D eigenvalue weighted by Crippen LogP contribution is -2.36. The molecule has 0 aromatic carbocycles. The lowest BCUT2D eigenvalue weighted by atomic mass is 9.78. The molecular weight excluding hydrogens is 198 g/mol. The minimum Gasteiger partial charge on any atom is -0.354 e. The predicted octanol–water partition coefficient (Wildman–Crippen LogP) is 3.28. The summed E-state index contributed by atoms with van der Waals surface area (Å²) in [5, 5.41) is 3.03. The second-order valence-corrected chi connectivity index (χ2v) is 5.20. The average Bonchev–Trinajstić information content (AvgIpc) is 2.14.